The van der Waals surface area contributed by atoms with Gasteiger partial charge in [-0.2, -0.15) is 0 Å². The largest absolute Gasteiger partial charge is 0.392 e. The number of methoxy groups -OCH3 is 1. The molecule has 0 radical (unpaired) electrons. The summed E-state index contributed by atoms with van der Waals surface area (Å²) >= 11 is 4.76. The van der Waals surface area contributed by atoms with Crippen LogP contribution in [0.3, 0.4) is 0 Å². The number of carbonyl (C=O) groups is 1. The molecule has 0 aliphatic carbocycles. The van der Waals surface area contributed by atoms with E-state index >= 15 is 0 Å². The fraction of sp³-hybridized carbons (Fsp3) is 0.778. The topological polar surface area (TPSA) is 55.6 Å². The molecule has 0 bridgehead atoms. The molecule has 0 spiro atoms. The summed E-state index contributed by atoms with van der Waals surface area (Å²) in [5, 5.41) is 0. The zero-order chi connectivity index (χ0) is 11.4. The number of rotatable bonds is 5. The Bertz CT molecular complexity index is 229. The van der Waals surface area contributed by atoms with Gasteiger partial charge in [-0.15, -0.1) is 0 Å². The molecule has 0 rings (SSSR count). The van der Waals surface area contributed by atoms with Gasteiger partial charge in [-0.3, -0.25) is 4.79 Å². The highest BCUT2D eigenvalue weighted by Gasteiger charge is 2.31. The smallest absolute Gasteiger partial charge is 0.254 e. The van der Waals surface area contributed by atoms with E-state index in [1.165, 1.54) is 7.11 Å². The van der Waals surface area contributed by atoms with Crippen molar-refractivity contribution in [2.75, 3.05) is 20.2 Å². The zero-order valence-electron chi connectivity index (χ0n) is 9.16. The first-order valence-electron chi connectivity index (χ1n) is 4.48. The molecule has 0 fully saturated rings. The molecule has 5 heteroatoms. The first kappa shape index (κ1) is 13.3. The van der Waals surface area contributed by atoms with Crippen molar-refractivity contribution in [1.29, 1.82) is 0 Å². The second-order valence-corrected chi connectivity index (χ2v) is 4.02. The minimum absolute atomic E-state index is 0.102. The molecule has 0 saturated heterocycles. The van der Waals surface area contributed by atoms with Gasteiger partial charge in [0, 0.05) is 13.7 Å². The molecular formula is C9H18N2O2S. The maximum atomic E-state index is 11.8. The van der Waals surface area contributed by atoms with E-state index in [0.29, 0.717) is 18.1 Å². The summed E-state index contributed by atoms with van der Waals surface area (Å²) in [7, 11) is 1.51. The number of amides is 1. The molecule has 4 nitrogen and oxygen atoms in total. The van der Waals surface area contributed by atoms with Crippen LogP contribution in [0.4, 0.5) is 0 Å². The lowest BCUT2D eigenvalue weighted by Crippen LogP contribution is -2.48. The predicted molar refractivity (Wildman–Crippen MR) is 60.1 cm³/mol. The van der Waals surface area contributed by atoms with E-state index in [2.05, 4.69) is 0 Å². The van der Waals surface area contributed by atoms with Crippen molar-refractivity contribution in [3.8, 4) is 0 Å². The van der Waals surface area contributed by atoms with Crippen LogP contribution in [0.1, 0.15) is 20.8 Å². The second kappa shape index (κ2) is 5.26. The first-order chi connectivity index (χ1) is 6.35. The molecule has 82 valence electrons. The minimum Gasteiger partial charge on any atom is -0.392 e. The molecule has 0 aliphatic rings. The van der Waals surface area contributed by atoms with Crippen LogP contribution in [-0.4, -0.2) is 41.6 Å². The van der Waals surface area contributed by atoms with Crippen LogP contribution in [0.25, 0.3) is 0 Å². The van der Waals surface area contributed by atoms with E-state index in [9.17, 15) is 4.79 Å². The monoisotopic (exact) mass is 218 g/mol. The van der Waals surface area contributed by atoms with Crippen LogP contribution in [0.5, 0.6) is 0 Å². The van der Waals surface area contributed by atoms with Crippen LogP contribution in [0.15, 0.2) is 0 Å². The molecule has 0 saturated carbocycles. The number of hydrogen-bond acceptors (Lipinski definition) is 3. The maximum absolute atomic E-state index is 11.8. The van der Waals surface area contributed by atoms with Gasteiger partial charge in [0.2, 0.25) is 0 Å². The normalized spacial score (nSPS) is 11.1. The lowest BCUT2D eigenvalue weighted by Gasteiger charge is -2.29. The van der Waals surface area contributed by atoms with Crippen molar-refractivity contribution >= 4 is 23.1 Å². The average molecular weight is 218 g/mol. The Morgan fingerprint density at radius 2 is 2.07 bits per heavy atom. The summed E-state index contributed by atoms with van der Waals surface area (Å²) in [4.78, 5) is 13.7. The van der Waals surface area contributed by atoms with Crippen molar-refractivity contribution < 1.29 is 9.53 Å². The van der Waals surface area contributed by atoms with E-state index in [0.717, 1.165) is 0 Å². The van der Waals surface area contributed by atoms with Crippen molar-refractivity contribution in [3.63, 3.8) is 0 Å². The Labute approximate surface area is 90.4 Å². The minimum atomic E-state index is -0.819. The number of likely N-dealkylation sites (N-methyl/N-ethyl adjacent to an activating group) is 1. The van der Waals surface area contributed by atoms with Gasteiger partial charge in [-0.1, -0.05) is 12.2 Å². The lowest BCUT2D eigenvalue weighted by molar-refractivity contribution is -0.149. The third-order valence-electron chi connectivity index (χ3n) is 2.04. The van der Waals surface area contributed by atoms with E-state index in [-0.39, 0.29) is 5.91 Å². The zero-order valence-corrected chi connectivity index (χ0v) is 9.98. The Morgan fingerprint density at radius 3 is 2.36 bits per heavy atom. The summed E-state index contributed by atoms with van der Waals surface area (Å²) in [6.45, 7) is 6.19. The van der Waals surface area contributed by atoms with Crippen molar-refractivity contribution in [1.82, 2.24) is 4.90 Å². The average Bonchev–Trinajstić information content (AvgIpc) is 2.12. The molecule has 0 aromatic heterocycles. The number of nitrogens with zero attached hydrogens (tertiary/aromatic N) is 1. The fourth-order valence-electron chi connectivity index (χ4n) is 0.983. The first-order valence-corrected chi connectivity index (χ1v) is 4.88. The highest BCUT2D eigenvalue weighted by Crippen LogP contribution is 2.11. The van der Waals surface area contributed by atoms with Gasteiger partial charge in [0.15, 0.2) is 0 Å². The van der Waals surface area contributed by atoms with Crippen LogP contribution in [-0.2, 0) is 9.53 Å². The second-order valence-electron chi connectivity index (χ2n) is 3.50. The van der Waals surface area contributed by atoms with Gasteiger partial charge >= 0.3 is 0 Å². The summed E-state index contributed by atoms with van der Waals surface area (Å²) < 4.78 is 5.09. The Balaban J connectivity index is 4.54. The van der Waals surface area contributed by atoms with E-state index in [1.54, 1.807) is 18.7 Å². The van der Waals surface area contributed by atoms with Crippen molar-refractivity contribution in [2.24, 2.45) is 5.73 Å². The van der Waals surface area contributed by atoms with Crippen molar-refractivity contribution in [3.05, 3.63) is 0 Å². The van der Waals surface area contributed by atoms with Crippen LogP contribution < -0.4 is 5.73 Å². The predicted octanol–water partition coefficient (Wildman–Crippen LogP) is 0.546. The highest BCUT2D eigenvalue weighted by atomic mass is 32.1. The Kier molecular flexibility index (Phi) is 5.01. The maximum Gasteiger partial charge on any atom is 0.254 e. The van der Waals surface area contributed by atoms with Gasteiger partial charge in [0.25, 0.3) is 5.91 Å². The third kappa shape index (κ3) is 3.59. The van der Waals surface area contributed by atoms with E-state index in [4.69, 9.17) is 22.7 Å². The molecule has 0 aromatic carbocycles. The number of ether oxygens (including phenoxy) is 1. The van der Waals surface area contributed by atoms with Gasteiger partial charge in [-0.05, 0) is 20.8 Å². The van der Waals surface area contributed by atoms with E-state index < -0.39 is 5.60 Å². The number of hydrogen-bond donors (Lipinski definition) is 1. The van der Waals surface area contributed by atoms with Crippen LogP contribution >= 0.6 is 12.2 Å². The third-order valence-corrected chi connectivity index (χ3v) is 2.17. The summed E-state index contributed by atoms with van der Waals surface area (Å²) in [6, 6.07) is 0. The molecule has 14 heavy (non-hydrogen) atoms. The van der Waals surface area contributed by atoms with E-state index in [1.807, 2.05) is 6.92 Å². The van der Waals surface area contributed by atoms with Crippen LogP contribution in [0, 0.1) is 0 Å². The molecule has 2 N–H and O–H groups in total. The number of carbonyl (C=O) groups excluding carboxylic acids is 1. The highest BCUT2D eigenvalue weighted by molar-refractivity contribution is 7.80. The Morgan fingerprint density at radius 1 is 1.57 bits per heavy atom. The standard InChI is InChI=1S/C9H18N2O2S/c1-5-11(6-7(10)14)8(12)9(2,3)13-4/h5-6H2,1-4H3,(H2,10,14). The molecule has 0 aliphatic heterocycles. The van der Waals surface area contributed by atoms with Gasteiger partial charge in [-0.25, -0.2) is 0 Å². The Hall–Kier alpha value is -0.680. The fourth-order valence-corrected chi connectivity index (χ4v) is 1.14. The van der Waals surface area contributed by atoms with Crippen LogP contribution in [0.2, 0.25) is 0 Å². The summed E-state index contributed by atoms with van der Waals surface area (Å²) in [6.07, 6.45) is 0. The molecule has 0 heterocycles. The van der Waals surface area contributed by atoms with Crippen molar-refractivity contribution in [2.45, 2.75) is 26.4 Å². The molecule has 0 unspecified atom stereocenters. The number of nitrogens with two attached hydrogens (primary N) is 1. The SMILES string of the molecule is CCN(CC(N)=S)C(=O)C(C)(C)OC. The molecule has 1 amide bonds. The van der Waals surface area contributed by atoms with Gasteiger partial charge < -0.3 is 15.4 Å². The summed E-state index contributed by atoms with van der Waals surface area (Å²) in [5.41, 5.74) is 4.57. The van der Waals surface area contributed by atoms with Gasteiger partial charge in [0.05, 0.1) is 11.5 Å². The quantitative estimate of drug-likeness (QED) is 0.685. The summed E-state index contributed by atoms with van der Waals surface area (Å²) in [5.74, 6) is -0.102. The molecule has 0 aromatic rings. The molecular weight excluding hydrogens is 200 g/mol. The number of thiocarbonyl (C=S) groups is 1. The molecule has 0 atom stereocenters. The lowest BCUT2D eigenvalue weighted by atomic mass is 10.1. The van der Waals surface area contributed by atoms with Gasteiger partial charge in [0.1, 0.15) is 5.60 Å².